The second-order valence-electron chi connectivity index (χ2n) is 16.0. The molecule has 0 aromatic rings. The Labute approximate surface area is 380 Å². The van der Waals surface area contributed by atoms with E-state index in [0.717, 1.165) is 135 Å². The summed E-state index contributed by atoms with van der Waals surface area (Å²) in [6.45, 7) is 6.28. The summed E-state index contributed by atoms with van der Waals surface area (Å²) in [4.78, 5) is 37.9. The first-order chi connectivity index (χ1) is 30.5. The van der Waals surface area contributed by atoms with E-state index in [2.05, 4.69) is 130 Å². The molecule has 0 saturated heterocycles. The largest absolute Gasteiger partial charge is 0.462 e. The number of esters is 3. The minimum atomic E-state index is -0.803. The van der Waals surface area contributed by atoms with E-state index in [1.54, 1.807) is 0 Å². The Morgan fingerprint density at radius 3 is 1.19 bits per heavy atom. The molecule has 0 aliphatic carbocycles. The lowest BCUT2D eigenvalue weighted by atomic mass is 10.1. The van der Waals surface area contributed by atoms with Crippen LogP contribution in [0, 0.1) is 0 Å². The van der Waals surface area contributed by atoms with Crippen LogP contribution in [-0.4, -0.2) is 37.2 Å². The molecule has 0 aliphatic heterocycles. The van der Waals surface area contributed by atoms with Gasteiger partial charge in [-0.05, 0) is 103 Å². The highest BCUT2D eigenvalue weighted by molar-refractivity contribution is 5.71. The van der Waals surface area contributed by atoms with E-state index in [0.29, 0.717) is 19.3 Å². The molecule has 0 aromatic carbocycles. The normalized spacial score (nSPS) is 13.0. The predicted octanol–water partition coefficient (Wildman–Crippen LogP) is 16.4. The molecule has 0 heterocycles. The number of hydrogen-bond donors (Lipinski definition) is 0. The highest BCUT2D eigenvalue weighted by Gasteiger charge is 2.19. The van der Waals surface area contributed by atoms with Crippen LogP contribution in [-0.2, 0) is 28.6 Å². The van der Waals surface area contributed by atoms with Gasteiger partial charge in [-0.25, -0.2) is 0 Å². The Kier molecular flexibility index (Phi) is 46.6. The summed E-state index contributed by atoms with van der Waals surface area (Å²) in [5, 5.41) is 0. The maximum atomic E-state index is 12.8. The summed E-state index contributed by atoms with van der Waals surface area (Å²) in [6, 6.07) is 0. The lowest BCUT2D eigenvalue weighted by Crippen LogP contribution is -2.30. The molecule has 0 rings (SSSR count). The Balaban J connectivity index is 4.46. The molecule has 0 aromatic heterocycles. The van der Waals surface area contributed by atoms with Gasteiger partial charge in [0.2, 0.25) is 0 Å². The SMILES string of the molecule is CC\C=C/C=C\C=C/CCCCCCCCCC(=O)OC(COC(=O)CCCCC/C=C\C/C=C\C/C=C\C/C=C\C/C=C\CC)COC(=O)CCCCCC/C=C\CCCC. The third-order valence-electron chi connectivity index (χ3n) is 10.1. The zero-order valence-corrected chi connectivity index (χ0v) is 39.8. The number of rotatable bonds is 43. The van der Waals surface area contributed by atoms with Gasteiger partial charge in [-0.3, -0.25) is 14.4 Å². The highest BCUT2D eigenvalue weighted by atomic mass is 16.6. The van der Waals surface area contributed by atoms with Gasteiger partial charge in [0.05, 0.1) is 0 Å². The average molecular weight is 859 g/mol. The van der Waals surface area contributed by atoms with Gasteiger partial charge in [0.15, 0.2) is 6.10 Å². The third kappa shape index (κ3) is 47.1. The molecule has 0 saturated carbocycles. The van der Waals surface area contributed by atoms with Crippen LogP contribution in [0.15, 0.2) is 109 Å². The molecule has 62 heavy (non-hydrogen) atoms. The second-order valence-corrected chi connectivity index (χ2v) is 16.0. The lowest BCUT2D eigenvalue weighted by molar-refractivity contribution is -0.167. The summed E-state index contributed by atoms with van der Waals surface area (Å²) in [5.74, 6) is -0.968. The Morgan fingerprint density at radius 1 is 0.355 bits per heavy atom. The minimum Gasteiger partial charge on any atom is -0.462 e. The number of ether oxygens (including phenoxy) is 3. The molecule has 6 nitrogen and oxygen atoms in total. The number of unbranched alkanes of at least 4 members (excludes halogenated alkanes) is 16. The van der Waals surface area contributed by atoms with Crippen molar-refractivity contribution < 1.29 is 28.6 Å². The number of hydrogen-bond acceptors (Lipinski definition) is 6. The van der Waals surface area contributed by atoms with Gasteiger partial charge in [-0.15, -0.1) is 0 Å². The molecule has 0 fully saturated rings. The molecule has 0 radical (unpaired) electrons. The van der Waals surface area contributed by atoms with Crippen LogP contribution in [0.4, 0.5) is 0 Å². The van der Waals surface area contributed by atoms with Crippen LogP contribution in [0.25, 0.3) is 0 Å². The smallest absolute Gasteiger partial charge is 0.306 e. The average Bonchev–Trinajstić information content (AvgIpc) is 3.27. The van der Waals surface area contributed by atoms with Gasteiger partial charge in [0.1, 0.15) is 13.2 Å². The summed E-state index contributed by atoms with van der Waals surface area (Å²) in [7, 11) is 0. The van der Waals surface area contributed by atoms with Gasteiger partial charge in [-0.1, -0.05) is 194 Å². The fourth-order valence-electron chi connectivity index (χ4n) is 6.33. The molecule has 1 atom stereocenters. The van der Waals surface area contributed by atoms with Crippen molar-refractivity contribution >= 4 is 17.9 Å². The zero-order valence-electron chi connectivity index (χ0n) is 39.8. The van der Waals surface area contributed by atoms with Crippen molar-refractivity contribution in [3.8, 4) is 0 Å². The van der Waals surface area contributed by atoms with E-state index in [1.807, 2.05) is 0 Å². The third-order valence-corrected chi connectivity index (χ3v) is 10.1. The minimum absolute atomic E-state index is 0.102. The van der Waals surface area contributed by atoms with Gasteiger partial charge >= 0.3 is 17.9 Å². The van der Waals surface area contributed by atoms with Crippen molar-refractivity contribution in [2.45, 2.75) is 213 Å². The van der Waals surface area contributed by atoms with E-state index in [1.165, 1.54) is 32.1 Å². The number of carbonyl (C=O) groups is 3. The molecule has 0 N–H and O–H groups in total. The standard InChI is InChI=1S/C56H90O6/c1-4-7-10-13-16-19-22-24-26-27-28-29-31-32-34-37-40-43-46-49-55(58)61-52-53(51-60-54(57)48-45-42-39-36-21-18-15-12-9-6-3)62-56(59)50-47-44-41-38-35-33-30-25-23-20-17-14-11-8-5-2/h7-8,10-11,14-20,23-24,26,28-29,32,34,53H,4-6,9,12-13,21-22,25,27,30-31,33,35-52H2,1-3H3/b10-7-,11-8-,17-14-,18-15-,19-16-,23-20-,26-24-,29-28-,34-32-. The van der Waals surface area contributed by atoms with Gasteiger partial charge < -0.3 is 14.2 Å². The quantitative estimate of drug-likeness (QED) is 0.0200. The molecule has 0 amide bonds. The molecule has 0 spiro atoms. The fraction of sp³-hybridized carbons (Fsp3) is 0.625. The van der Waals surface area contributed by atoms with E-state index in [9.17, 15) is 14.4 Å². The lowest BCUT2D eigenvalue weighted by Gasteiger charge is -2.18. The highest BCUT2D eigenvalue weighted by Crippen LogP contribution is 2.13. The van der Waals surface area contributed by atoms with E-state index in [-0.39, 0.29) is 31.1 Å². The predicted molar refractivity (Wildman–Crippen MR) is 265 cm³/mol. The van der Waals surface area contributed by atoms with Gasteiger partial charge in [-0.2, -0.15) is 0 Å². The summed E-state index contributed by atoms with van der Waals surface area (Å²) >= 11 is 0. The van der Waals surface area contributed by atoms with Crippen molar-refractivity contribution in [3.63, 3.8) is 0 Å². The monoisotopic (exact) mass is 859 g/mol. The molecule has 1 unspecified atom stereocenters. The van der Waals surface area contributed by atoms with Crippen LogP contribution in [0.1, 0.15) is 207 Å². The first-order valence-electron chi connectivity index (χ1n) is 24.9. The molecule has 6 heteroatoms. The number of allylic oxidation sites excluding steroid dienone is 18. The van der Waals surface area contributed by atoms with E-state index in [4.69, 9.17) is 14.2 Å². The van der Waals surface area contributed by atoms with Gasteiger partial charge in [0.25, 0.3) is 0 Å². The van der Waals surface area contributed by atoms with Crippen molar-refractivity contribution in [1.82, 2.24) is 0 Å². The van der Waals surface area contributed by atoms with E-state index < -0.39 is 6.10 Å². The van der Waals surface area contributed by atoms with Crippen molar-refractivity contribution in [2.24, 2.45) is 0 Å². The Hall–Kier alpha value is -3.93. The molecule has 350 valence electrons. The van der Waals surface area contributed by atoms with Crippen LogP contribution < -0.4 is 0 Å². The topological polar surface area (TPSA) is 78.9 Å². The Morgan fingerprint density at radius 2 is 0.710 bits per heavy atom. The summed E-state index contributed by atoms with van der Waals surface area (Å²) in [6.07, 6.45) is 66.4. The van der Waals surface area contributed by atoms with Crippen molar-refractivity contribution in [2.75, 3.05) is 13.2 Å². The van der Waals surface area contributed by atoms with Gasteiger partial charge in [0, 0.05) is 19.3 Å². The fourth-order valence-corrected chi connectivity index (χ4v) is 6.33. The molecular formula is C56H90O6. The van der Waals surface area contributed by atoms with E-state index >= 15 is 0 Å². The molecule has 0 aliphatic rings. The summed E-state index contributed by atoms with van der Waals surface area (Å²) < 4.78 is 16.7. The van der Waals surface area contributed by atoms with Crippen LogP contribution in [0.5, 0.6) is 0 Å². The molecule has 0 bridgehead atoms. The Bertz CT molecular complexity index is 1310. The van der Waals surface area contributed by atoms with Crippen LogP contribution >= 0.6 is 0 Å². The first-order valence-corrected chi connectivity index (χ1v) is 24.9. The summed E-state index contributed by atoms with van der Waals surface area (Å²) in [5.41, 5.74) is 0. The molecular weight excluding hydrogens is 769 g/mol. The van der Waals surface area contributed by atoms with Crippen LogP contribution in [0.3, 0.4) is 0 Å². The zero-order chi connectivity index (χ0) is 45.1. The maximum Gasteiger partial charge on any atom is 0.306 e. The number of carbonyl (C=O) groups excluding carboxylic acids is 3. The second kappa shape index (κ2) is 49.7. The van der Waals surface area contributed by atoms with Crippen molar-refractivity contribution in [3.05, 3.63) is 109 Å². The first kappa shape index (κ1) is 58.1. The van der Waals surface area contributed by atoms with Crippen LogP contribution in [0.2, 0.25) is 0 Å². The van der Waals surface area contributed by atoms with Crippen molar-refractivity contribution in [1.29, 1.82) is 0 Å². The maximum absolute atomic E-state index is 12.8.